The van der Waals surface area contributed by atoms with Gasteiger partial charge in [0.15, 0.2) is 5.13 Å². The molecule has 7 nitrogen and oxygen atoms in total. The number of hydrogen-bond acceptors (Lipinski definition) is 6. The molecule has 1 aromatic heterocycles. The van der Waals surface area contributed by atoms with Gasteiger partial charge in [-0.3, -0.25) is 14.4 Å². The van der Waals surface area contributed by atoms with Gasteiger partial charge in [-0.1, -0.05) is 12.1 Å². The zero-order chi connectivity index (χ0) is 23.1. The Balaban J connectivity index is 1.48. The molecule has 3 rings (SSSR count). The summed E-state index contributed by atoms with van der Waals surface area (Å²) in [4.78, 5) is 39.5. The molecule has 0 atom stereocenters. The molecular formula is C22H21FN4O3S2. The van der Waals surface area contributed by atoms with Gasteiger partial charge >= 0.3 is 0 Å². The predicted octanol–water partition coefficient (Wildman–Crippen LogP) is 4.53. The van der Waals surface area contributed by atoms with Gasteiger partial charge in [0.2, 0.25) is 17.7 Å². The average Bonchev–Trinajstić information content (AvgIpc) is 3.15. The molecule has 0 unspecified atom stereocenters. The molecule has 0 saturated heterocycles. The zero-order valence-electron chi connectivity index (χ0n) is 17.4. The number of hydrogen-bond donors (Lipinski definition) is 3. The number of halogens is 1. The molecule has 3 amide bonds. The highest BCUT2D eigenvalue weighted by Crippen LogP contribution is 2.28. The second-order valence-corrected chi connectivity index (χ2v) is 8.72. The Morgan fingerprint density at radius 2 is 1.72 bits per heavy atom. The van der Waals surface area contributed by atoms with Crippen LogP contribution in [0, 0.1) is 12.7 Å². The smallest absolute Gasteiger partial charge is 0.236 e. The summed E-state index contributed by atoms with van der Waals surface area (Å²) in [5, 5.41) is 9.92. The first kappa shape index (κ1) is 23.4. The van der Waals surface area contributed by atoms with Crippen LogP contribution in [0.2, 0.25) is 0 Å². The van der Waals surface area contributed by atoms with Crippen molar-refractivity contribution in [2.75, 3.05) is 27.5 Å². The first-order valence-corrected chi connectivity index (χ1v) is 11.6. The maximum atomic E-state index is 14.4. The van der Waals surface area contributed by atoms with Gasteiger partial charge in [0.25, 0.3) is 0 Å². The van der Waals surface area contributed by atoms with Crippen LogP contribution in [0.15, 0.2) is 47.8 Å². The quantitative estimate of drug-likeness (QED) is 0.447. The van der Waals surface area contributed by atoms with Crippen molar-refractivity contribution in [2.24, 2.45) is 0 Å². The monoisotopic (exact) mass is 472 g/mol. The maximum absolute atomic E-state index is 14.4. The number of rotatable bonds is 8. The van der Waals surface area contributed by atoms with Gasteiger partial charge in [-0.05, 0) is 42.8 Å². The molecule has 0 aliphatic rings. The predicted molar refractivity (Wildman–Crippen MR) is 128 cm³/mol. The Bertz CT molecular complexity index is 1150. The standard InChI is InChI=1S/C22H21FN4O3S2/c1-13-4-3-5-15(8-13)25-20(29)11-31-12-21(30)27-22-26-19(10-32-22)17-7-6-16(9-18(17)23)24-14(2)28/h3-10H,11-12H2,1-2H3,(H,24,28)(H,25,29)(H,26,27,30). The van der Waals surface area contributed by atoms with Crippen LogP contribution >= 0.6 is 23.1 Å². The number of carbonyl (C=O) groups is 3. The van der Waals surface area contributed by atoms with Crippen LogP contribution in [0.25, 0.3) is 11.3 Å². The van der Waals surface area contributed by atoms with Gasteiger partial charge in [0.05, 0.1) is 17.2 Å². The van der Waals surface area contributed by atoms with Gasteiger partial charge in [-0.15, -0.1) is 23.1 Å². The summed E-state index contributed by atoms with van der Waals surface area (Å²) in [5.41, 5.74) is 2.75. The Morgan fingerprint density at radius 1 is 1.00 bits per heavy atom. The topological polar surface area (TPSA) is 100 Å². The Morgan fingerprint density at radius 3 is 2.41 bits per heavy atom. The zero-order valence-corrected chi connectivity index (χ0v) is 19.0. The van der Waals surface area contributed by atoms with Crippen LogP contribution in [0.4, 0.5) is 20.9 Å². The van der Waals surface area contributed by atoms with E-state index in [-0.39, 0.29) is 34.8 Å². The van der Waals surface area contributed by atoms with Crippen molar-refractivity contribution in [3.63, 3.8) is 0 Å². The lowest BCUT2D eigenvalue weighted by Crippen LogP contribution is -2.18. The molecule has 166 valence electrons. The van der Waals surface area contributed by atoms with Crippen LogP contribution in [-0.2, 0) is 14.4 Å². The number of thioether (sulfide) groups is 1. The van der Waals surface area contributed by atoms with E-state index in [9.17, 15) is 18.8 Å². The molecule has 3 N–H and O–H groups in total. The minimum absolute atomic E-state index is 0.0793. The van der Waals surface area contributed by atoms with Gasteiger partial charge in [-0.2, -0.15) is 0 Å². The third-order valence-electron chi connectivity index (χ3n) is 4.08. The number of nitrogens with zero attached hydrogens (tertiary/aromatic N) is 1. The maximum Gasteiger partial charge on any atom is 0.236 e. The summed E-state index contributed by atoms with van der Waals surface area (Å²) in [7, 11) is 0. The summed E-state index contributed by atoms with van der Waals surface area (Å²) >= 11 is 2.35. The molecule has 1 heterocycles. The van der Waals surface area contributed by atoms with Crippen LogP contribution < -0.4 is 16.0 Å². The molecule has 0 fully saturated rings. The Kier molecular flexibility index (Phi) is 7.96. The fourth-order valence-electron chi connectivity index (χ4n) is 2.77. The van der Waals surface area contributed by atoms with Crippen LogP contribution in [0.5, 0.6) is 0 Å². The summed E-state index contributed by atoms with van der Waals surface area (Å²) in [5.74, 6) is -1.11. The largest absolute Gasteiger partial charge is 0.326 e. The second-order valence-electron chi connectivity index (χ2n) is 6.87. The van der Waals surface area contributed by atoms with E-state index in [0.717, 1.165) is 5.56 Å². The number of thiazole rings is 1. The van der Waals surface area contributed by atoms with Gasteiger partial charge in [-0.25, -0.2) is 9.37 Å². The number of benzene rings is 2. The summed E-state index contributed by atoms with van der Waals surface area (Å²) in [6.45, 7) is 3.28. The minimum atomic E-state index is -0.533. The summed E-state index contributed by atoms with van der Waals surface area (Å²) < 4.78 is 14.4. The number of amides is 3. The van der Waals surface area contributed by atoms with E-state index in [4.69, 9.17) is 0 Å². The van der Waals surface area contributed by atoms with Crippen molar-refractivity contribution >= 4 is 57.3 Å². The normalized spacial score (nSPS) is 10.5. The fraction of sp³-hybridized carbons (Fsp3) is 0.182. The molecule has 0 radical (unpaired) electrons. The van der Waals surface area contributed by atoms with Crippen molar-refractivity contribution in [2.45, 2.75) is 13.8 Å². The molecule has 0 bridgehead atoms. The highest BCUT2D eigenvalue weighted by molar-refractivity contribution is 8.00. The molecular weight excluding hydrogens is 451 g/mol. The average molecular weight is 473 g/mol. The van der Waals surface area contributed by atoms with E-state index in [1.54, 1.807) is 17.5 Å². The van der Waals surface area contributed by atoms with Crippen LogP contribution in [0.1, 0.15) is 12.5 Å². The van der Waals surface area contributed by atoms with Gasteiger partial charge < -0.3 is 16.0 Å². The third-order valence-corrected chi connectivity index (χ3v) is 5.77. The van der Waals surface area contributed by atoms with E-state index in [2.05, 4.69) is 20.9 Å². The van der Waals surface area contributed by atoms with Crippen molar-refractivity contribution in [1.82, 2.24) is 4.98 Å². The Labute approximate surface area is 192 Å². The van der Waals surface area contributed by atoms with E-state index in [0.29, 0.717) is 22.2 Å². The molecule has 3 aromatic rings. The van der Waals surface area contributed by atoms with Crippen molar-refractivity contribution < 1.29 is 18.8 Å². The van der Waals surface area contributed by atoms with Gasteiger partial charge in [0, 0.05) is 29.2 Å². The Hall–Kier alpha value is -3.24. The third kappa shape index (κ3) is 6.89. The SMILES string of the molecule is CC(=O)Nc1ccc(-c2csc(NC(=O)CSCC(=O)Nc3cccc(C)c3)n2)c(F)c1. The van der Waals surface area contributed by atoms with E-state index >= 15 is 0 Å². The summed E-state index contributed by atoms with van der Waals surface area (Å²) in [6, 6.07) is 11.8. The lowest BCUT2D eigenvalue weighted by Gasteiger charge is -2.06. The summed E-state index contributed by atoms with van der Waals surface area (Å²) in [6.07, 6.45) is 0. The molecule has 32 heavy (non-hydrogen) atoms. The van der Waals surface area contributed by atoms with Crippen molar-refractivity contribution in [3.8, 4) is 11.3 Å². The fourth-order valence-corrected chi connectivity index (χ4v) is 4.11. The lowest BCUT2D eigenvalue weighted by atomic mass is 10.1. The molecule has 0 aliphatic carbocycles. The number of carbonyl (C=O) groups excluding carboxylic acids is 3. The van der Waals surface area contributed by atoms with E-state index in [1.165, 1.54) is 42.2 Å². The van der Waals surface area contributed by atoms with E-state index < -0.39 is 5.82 Å². The van der Waals surface area contributed by atoms with E-state index in [1.807, 2.05) is 25.1 Å². The molecule has 2 aromatic carbocycles. The number of aromatic nitrogens is 1. The second kappa shape index (κ2) is 10.9. The highest BCUT2D eigenvalue weighted by Gasteiger charge is 2.13. The van der Waals surface area contributed by atoms with Gasteiger partial charge in [0.1, 0.15) is 5.82 Å². The molecule has 0 saturated carbocycles. The number of anilines is 3. The molecule has 0 aliphatic heterocycles. The lowest BCUT2D eigenvalue weighted by molar-refractivity contribution is -0.115. The number of nitrogens with one attached hydrogen (secondary N) is 3. The van der Waals surface area contributed by atoms with Crippen molar-refractivity contribution in [1.29, 1.82) is 0 Å². The minimum Gasteiger partial charge on any atom is -0.326 e. The van der Waals surface area contributed by atoms with Crippen LogP contribution in [-0.4, -0.2) is 34.2 Å². The van der Waals surface area contributed by atoms with Crippen molar-refractivity contribution in [3.05, 3.63) is 59.2 Å². The van der Waals surface area contributed by atoms with Crippen LogP contribution in [0.3, 0.4) is 0 Å². The first-order valence-electron chi connectivity index (χ1n) is 9.57. The highest BCUT2D eigenvalue weighted by atomic mass is 32.2. The first-order chi connectivity index (χ1) is 15.3. The molecule has 10 heteroatoms. The number of aryl methyl sites for hydroxylation is 1. The molecule has 0 spiro atoms.